The fourth-order valence-electron chi connectivity index (χ4n) is 2.51. The molecule has 7 heteroatoms. The molecule has 7 nitrogen and oxygen atoms in total. The summed E-state index contributed by atoms with van der Waals surface area (Å²) in [6.45, 7) is 12.5. The van der Waals surface area contributed by atoms with Crippen molar-refractivity contribution in [1.82, 2.24) is 9.55 Å². The van der Waals surface area contributed by atoms with Crippen LogP contribution in [0.25, 0.3) is 0 Å². The molecule has 0 saturated carbocycles. The highest BCUT2D eigenvalue weighted by Crippen LogP contribution is 2.27. The topological polar surface area (TPSA) is 118 Å². The predicted molar refractivity (Wildman–Crippen MR) is 91.1 cm³/mol. The molecule has 24 heavy (non-hydrogen) atoms. The quantitative estimate of drug-likeness (QED) is 0.731. The molecule has 0 aromatic carbocycles. The number of hydrogen-bond acceptors (Lipinski definition) is 4. The van der Waals surface area contributed by atoms with Crippen LogP contribution in [-0.4, -0.2) is 37.7 Å². The van der Waals surface area contributed by atoms with Crippen molar-refractivity contribution in [3.8, 4) is 0 Å². The molecule has 1 atom stereocenters. The summed E-state index contributed by atoms with van der Waals surface area (Å²) in [6, 6.07) is -1.10. The Morgan fingerprint density at radius 1 is 1.12 bits per heavy atom. The van der Waals surface area contributed by atoms with E-state index in [9.17, 15) is 14.7 Å². The first kappa shape index (κ1) is 20.2. The summed E-state index contributed by atoms with van der Waals surface area (Å²) >= 11 is 0. The van der Waals surface area contributed by atoms with Crippen LogP contribution < -0.4 is 5.73 Å². The van der Waals surface area contributed by atoms with Gasteiger partial charge in [-0.3, -0.25) is 4.79 Å². The minimum Gasteiger partial charge on any atom is -0.480 e. The molecular formula is C17H29N3O4. The van der Waals surface area contributed by atoms with Gasteiger partial charge < -0.3 is 20.5 Å². The number of aliphatic carboxylic acids is 1. The van der Waals surface area contributed by atoms with Crippen molar-refractivity contribution < 1.29 is 19.8 Å². The molecular weight excluding hydrogens is 310 g/mol. The second-order valence-electron chi connectivity index (χ2n) is 8.67. The second-order valence-corrected chi connectivity index (χ2v) is 8.67. The van der Waals surface area contributed by atoms with E-state index in [0.717, 1.165) is 0 Å². The maximum absolute atomic E-state index is 11.6. The zero-order valence-electron chi connectivity index (χ0n) is 15.4. The van der Waals surface area contributed by atoms with Crippen molar-refractivity contribution >= 4 is 11.9 Å². The third-order valence-electron chi connectivity index (χ3n) is 3.41. The molecule has 1 aromatic rings. The fourth-order valence-corrected chi connectivity index (χ4v) is 2.51. The lowest BCUT2D eigenvalue weighted by Gasteiger charge is -2.23. The summed E-state index contributed by atoms with van der Waals surface area (Å²) in [5.74, 6) is -2.29. The molecule has 0 aliphatic carbocycles. The van der Waals surface area contributed by atoms with Gasteiger partial charge in [-0.2, -0.15) is 0 Å². The lowest BCUT2D eigenvalue weighted by molar-refractivity contribution is -0.138. The number of hydrogen-bond donors (Lipinski definition) is 3. The van der Waals surface area contributed by atoms with Crippen LogP contribution in [0.3, 0.4) is 0 Å². The number of nitrogens with two attached hydrogens (primary N) is 1. The Hall–Kier alpha value is -1.89. The number of carbonyl (C=O) groups is 2. The summed E-state index contributed by atoms with van der Waals surface area (Å²) in [7, 11) is 0. The average molecular weight is 339 g/mol. The van der Waals surface area contributed by atoms with Crippen molar-refractivity contribution in [2.45, 2.75) is 67.0 Å². The van der Waals surface area contributed by atoms with Gasteiger partial charge in [-0.25, -0.2) is 9.78 Å². The minimum absolute atomic E-state index is 0.0527. The number of imidazole rings is 1. The van der Waals surface area contributed by atoms with E-state index in [-0.39, 0.29) is 23.1 Å². The van der Waals surface area contributed by atoms with E-state index in [1.807, 2.05) is 41.5 Å². The molecule has 0 bridgehead atoms. The van der Waals surface area contributed by atoms with Crippen molar-refractivity contribution in [3.63, 3.8) is 0 Å². The van der Waals surface area contributed by atoms with E-state index in [1.165, 1.54) is 0 Å². The number of rotatable bonds is 6. The second kappa shape index (κ2) is 6.93. The van der Waals surface area contributed by atoms with Crippen LogP contribution in [0.5, 0.6) is 0 Å². The van der Waals surface area contributed by atoms with Gasteiger partial charge in [0.2, 0.25) is 5.82 Å². The van der Waals surface area contributed by atoms with Gasteiger partial charge in [0.1, 0.15) is 6.04 Å². The smallest absolute Gasteiger partial charge is 0.372 e. The van der Waals surface area contributed by atoms with Crippen LogP contribution in [0, 0.1) is 10.8 Å². The Morgan fingerprint density at radius 2 is 1.67 bits per heavy atom. The highest BCUT2D eigenvalue weighted by molar-refractivity contribution is 5.84. The molecule has 0 amide bonds. The van der Waals surface area contributed by atoms with Gasteiger partial charge in [-0.05, 0) is 17.3 Å². The largest absolute Gasteiger partial charge is 0.480 e. The molecule has 4 N–H and O–H groups in total. The third-order valence-corrected chi connectivity index (χ3v) is 3.41. The normalized spacial score (nSPS) is 13.8. The maximum atomic E-state index is 11.6. The fraction of sp³-hybridized carbons (Fsp3) is 0.706. The molecule has 0 saturated heterocycles. The number of nitrogens with zero attached hydrogens (tertiary/aromatic N) is 2. The zero-order valence-corrected chi connectivity index (χ0v) is 15.4. The van der Waals surface area contributed by atoms with Gasteiger partial charge in [-0.15, -0.1) is 0 Å². The summed E-state index contributed by atoms with van der Waals surface area (Å²) in [4.78, 5) is 27.1. The van der Waals surface area contributed by atoms with Gasteiger partial charge in [0.05, 0.1) is 5.69 Å². The molecule has 0 radical (unpaired) electrons. The predicted octanol–water partition coefficient (Wildman–Crippen LogP) is 2.17. The Balaban J connectivity index is 3.49. The summed E-state index contributed by atoms with van der Waals surface area (Å²) in [5, 5.41) is 18.6. The molecule has 1 unspecified atom stereocenters. The molecule has 1 rings (SSSR count). The highest BCUT2D eigenvalue weighted by atomic mass is 16.4. The summed E-state index contributed by atoms with van der Waals surface area (Å²) in [6.07, 6.45) is 0.600. The van der Waals surface area contributed by atoms with E-state index in [0.29, 0.717) is 24.4 Å². The van der Waals surface area contributed by atoms with E-state index < -0.39 is 18.0 Å². The van der Waals surface area contributed by atoms with E-state index in [2.05, 4.69) is 4.98 Å². The Bertz CT molecular complexity index is 621. The highest BCUT2D eigenvalue weighted by Gasteiger charge is 2.29. The Labute approximate surface area is 142 Å². The molecule has 0 aliphatic heterocycles. The average Bonchev–Trinajstić information content (AvgIpc) is 2.64. The van der Waals surface area contributed by atoms with Gasteiger partial charge in [-0.1, -0.05) is 41.5 Å². The number of carboxylic acid groups (broad SMARTS) is 2. The molecule has 136 valence electrons. The minimum atomic E-state index is -1.12. The number of aromatic carboxylic acids is 1. The molecule has 0 spiro atoms. The van der Waals surface area contributed by atoms with Crippen molar-refractivity contribution in [2.75, 3.05) is 0 Å². The monoisotopic (exact) mass is 339 g/mol. The first-order valence-corrected chi connectivity index (χ1v) is 8.01. The molecule has 0 fully saturated rings. The van der Waals surface area contributed by atoms with Crippen LogP contribution in [0.4, 0.5) is 0 Å². The van der Waals surface area contributed by atoms with Crippen LogP contribution in [0.1, 0.15) is 63.5 Å². The van der Waals surface area contributed by atoms with Crippen LogP contribution in [0.2, 0.25) is 0 Å². The maximum Gasteiger partial charge on any atom is 0.372 e. The Morgan fingerprint density at radius 3 is 2.04 bits per heavy atom. The molecule has 0 aliphatic rings. The Kier molecular flexibility index (Phi) is 5.82. The lowest BCUT2D eigenvalue weighted by atomic mass is 9.89. The summed E-state index contributed by atoms with van der Waals surface area (Å²) in [5.41, 5.74) is 6.63. The van der Waals surface area contributed by atoms with E-state index in [4.69, 9.17) is 10.8 Å². The lowest BCUT2D eigenvalue weighted by Crippen LogP contribution is -2.34. The van der Waals surface area contributed by atoms with E-state index in [1.54, 1.807) is 4.57 Å². The van der Waals surface area contributed by atoms with Gasteiger partial charge in [0.25, 0.3) is 0 Å². The third kappa shape index (κ3) is 5.63. The van der Waals surface area contributed by atoms with Crippen molar-refractivity contribution in [2.24, 2.45) is 16.6 Å². The molecule has 1 heterocycles. The summed E-state index contributed by atoms with van der Waals surface area (Å²) < 4.78 is 1.62. The van der Waals surface area contributed by atoms with Gasteiger partial charge >= 0.3 is 11.9 Å². The number of carboxylic acids is 2. The first-order valence-electron chi connectivity index (χ1n) is 8.01. The number of aromatic nitrogens is 2. The van der Waals surface area contributed by atoms with Crippen LogP contribution >= 0.6 is 0 Å². The molecule has 1 aromatic heterocycles. The van der Waals surface area contributed by atoms with Crippen molar-refractivity contribution in [3.05, 3.63) is 17.2 Å². The van der Waals surface area contributed by atoms with Gasteiger partial charge in [0, 0.05) is 18.7 Å². The SMILES string of the molecule is CC(C)(C)Cc1nc(C(=O)O)n(CC(C)(C)C)c1CC(N)C(=O)O. The van der Waals surface area contributed by atoms with Crippen LogP contribution in [-0.2, 0) is 24.2 Å². The van der Waals surface area contributed by atoms with Crippen LogP contribution in [0.15, 0.2) is 0 Å². The van der Waals surface area contributed by atoms with Crippen molar-refractivity contribution in [1.29, 1.82) is 0 Å². The standard InChI is InChI=1S/C17H29N3O4/c1-16(2,3)8-11-12(7-10(18)14(21)22)20(9-17(4,5)6)13(19-11)15(23)24/h10H,7-9,18H2,1-6H3,(H,21,22)(H,23,24). The van der Waals surface area contributed by atoms with Gasteiger partial charge in [0.15, 0.2) is 0 Å². The first-order chi connectivity index (χ1) is 10.7. The zero-order chi connectivity index (χ0) is 18.9. The van der Waals surface area contributed by atoms with E-state index >= 15 is 0 Å².